The lowest BCUT2D eigenvalue weighted by molar-refractivity contribution is -0.143. The van der Waals surface area contributed by atoms with Gasteiger partial charge in [0, 0.05) is 0 Å². The van der Waals surface area contributed by atoms with Gasteiger partial charge in [-0.05, 0) is 24.8 Å². The van der Waals surface area contributed by atoms with E-state index in [1.807, 2.05) is 44.2 Å². The van der Waals surface area contributed by atoms with E-state index in [9.17, 15) is 9.90 Å². The lowest BCUT2D eigenvalue weighted by Gasteiger charge is -2.27. The molecule has 1 aromatic rings. The highest BCUT2D eigenvalue weighted by molar-refractivity contribution is 5.80. The summed E-state index contributed by atoms with van der Waals surface area (Å²) in [6, 6.07) is 9.45. The molecular formula is C13H18O2. The zero-order chi connectivity index (χ0) is 11.5. The average Bonchev–Trinajstić information content (AvgIpc) is 2.17. The number of rotatable bonds is 4. The van der Waals surface area contributed by atoms with Crippen molar-refractivity contribution in [3.8, 4) is 0 Å². The molecule has 0 amide bonds. The van der Waals surface area contributed by atoms with Crippen molar-refractivity contribution in [2.75, 3.05) is 0 Å². The normalized spacial score (nSPS) is 14.9. The maximum atomic E-state index is 11.4. The summed E-state index contributed by atoms with van der Waals surface area (Å²) in [7, 11) is 0. The van der Waals surface area contributed by atoms with Crippen molar-refractivity contribution in [2.45, 2.75) is 32.6 Å². The molecule has 1 atom stereocenters. The Labute approximate surface area is 90.9 Å². The van der Waals surface area contributed by atoms with Gasteiger partial charge in [-0.3, -0.25) is 4.79 Å². The molecule has 82 valence electrons. The molecule has 1 aromatic carbocycles. The Balaban J connectivity index is 3.07. The van der Waals surface area contributed by atoms with Crippen molar-refractivity contribution in [1.82, 2.24) is 0 Å². The number of carboxylic acids is 1. The van der Waals surface area contributed by atoms with Gasteiger partial charge >= 0.3 is 5.97 Å². The van der Waals surface area contributed by atoms with Crippen molar-refractivity contribution in [1.29, 1.82) is 0 Å². The molecule has 0 aromatic heterocycles. The first-order chi connectivity index (χ1) is 6.97. The summed E-state index contributed by atoms with van der Waals surface area (Å²) in [4.78, 5) is 11.4. The van der Waals surface area contributed by atoms with Crippen LogP contribution in [0.2, 0.25) is 0 Å². The van der Waals surface area contributed by atoms with E-state index in [4.69, 9.17) is 0 Å². The van der Waals surface area contributed by atoms with E-state index in [-0.39, 0.29) is 0 Å². The number of carbonyl (C=O) groups is 1. The maximum absolute atomic E-state index is 11.4. The Hall–Kier alpha value is -1.31. The monoisotopic (exact) mass is 206 g/mol. The molecule has 15 heavy (non-hydrogen) atoms. The van der Waals surface area contributed by atoms with Gasteiger partial charge in [0.15, 0.2) is 0 Å². The van der Waals surface area contributed by atoms with Crippen molar-refractivity contribution in [3.63, 3.8) is 0 Å². The molecule has 0 bridgehead atoms. The third kappa shape index (κ3) is 2.58. The summed E-state index contributed by atoms with van der Waals surface area (Å²) < 4.78 is 0. The van der Waals surface area contributed by atoms with Crippen molar-refractivity contribution in [3.05, 3.63) is 35.9 Å². The zero-order valence-electron chi connectivity index (χ0n) is 9.53. The molecule has 0 radical (unpaired) electrons. The fraction of sp³-hybridized carbons (Fsp3) is 0.462. The van der Waals surface area contributed by atoms with Crippen LogP contribution in [0.1, 0.15) is 32.8 Å². The van der Waals surface area contributed by atoms with E-state index in [0.29, 0.717) is 12.3 Å². The van der Waals surface area contributed by atoms with E-state index >= 15 is 0 Å². The van der Waals surface area contributed by atoms with Gasteiger partial charge in [0.1, 0.15) is 0 Å². The van der Waals surface area contributed by atoms with Crippen LogP contribution in [0.5, 0.6) is 0 Å². The minimum Gasteiger partial charge on any atom is -0.481 e. The van der Waals surface area contributed by atoms with Crippen LogP contribution in [0.15, 0.2) is 30.3 Å². The first kappa shape index (κ1) is 11.8. The van der Waals surface area contributed by atoms with E-state index in [0.717, 1.165) is 5.56 Å². The third-order valence-electron chi connectivity index (χ3n) is 2.70. The lowest BCUT2D eigenvalue weighted by atomic mass is 9.76. The third-order valence-corrected chi connectivity index (χ3v) is 2.70. The van der Waals surface area contributed by atoms with Gasteiger partial charge in [-0.1, -0.05) is 44.2 Å². The summed E-state index contributed by atoms with van der Waals surface area (Å²) >= 11 is 0. The van der Waals surface area contributed by atoms with E-state index in [1.165, 1.54) is 0 Å². The summed E-state index contributed by atoms with van der Waals surface area (Å²) in [6.45, 7) is 5.89. The first-order valence-electron chi connectivity index (χ1n) is 5.25. The van der Waals surface area contributed by atoms with Gasteiger partial charge < -0.3 is 5.11 Å². The number of hydrogen-bond donors (Lipinski definition) is 1. The van der Waals surface area contributed by atoms with E-state index in [1.54, 1.807) is 6.92 Å². The minimum atomic E-state index is -0.768. The zero-order valence-corrected chi connectivity index (χ0v) is 9.53. The lowest BCUT2D eigenvalue weighted by Crippen LogP contribution is -2.33. The molecule has 1 rings (SSSR count). The summed E-state index contributed by atoms with van der Waals surface area (Å²) in [5.41, 5.74) is 0.112. The Bertz CT molecular complexity index is 330. The van der Waals surface area contributed by atoms with Gasteiger partial charge in [0.05, 0.1) is 5.41 Å². The highest BCUT2D eigenvalue weighted by Gasteiger charge is 2.35. The highest BCUT2D eigenvalue weighted by atomic mass is 16.4. The van der Waals surface area contributed by atoms with Crippen LogP contribution in [-0.2, 0) is 10.2 Å². The second-order valence-corrected chi connectivity index (χ2v) is 4.60. The number of carboxylic acid groups (broad SMARTS) is 1. The van der Waals surface area contributed by atoms with Crippen LogP contribution in [0, 0.1) is 5.92 Å². The molecule has 0 fully saturated rings. The number of aliphatic carboxylic acids is 1. The molecular weight excluding hydrogens is 188 g/mol. The van der Waals surface area contributed by atoms with Gasteiger partial charge in [0.2, 0.25) is 0 Å². The second-order valence-electron chi connectivity index (χ2n) is 4.60. The fourth-order valence-corrected chi connectivity index (χ4v) is 1.95. The molecule has 0 aliphatic rings. The summed E-state index contributed by atoms with van der Waals surface area (Å²) in [5, 5.41) is 9.33. The second kappa shape index (κ2) is 4.47. The molecule has 2 nitrogen and oxygen atoms in total. The van der Waals surface area contributed by atoms with E-state index in [2.05, 4.69) is 0 Å². The van der Waals surface area contributed by atoms with Gasteiger partial charge in [-0.15, -0.1) is 0 Å². The molecule has 0 saturated heterocycles. The van der Waals surface area contributed by atoms with Crippen molar-refractivity contribution in [2.24, 2.45) is 5.92 Å². The van der Waals surface area contributed by atoms with Gasteiger partial charge in [-0.25, -0.2) is 0 Å². The SMILES string of the molecule is CC(C)C[C@@](C)(C(=O)O)c1ccccc1. The average molecular weight is 206 g/mol. The smallest absolute Gasteiger partial charge is 0.313 e. The van der Waals surface area contributed by atoms with Crippen LogP contribution in [0.3, 0.4) is 0 Å². The first-order valence-corrected chi connectivity index (χ1v) is 5.25. The largest absolute Gasteiger partial charge is 0.481 e. The number of hydrogen-bond acceptors (Lipinski definition) is 1. The molecule has 0 unspecified atom stereocenters. The molecule has 2 heteroatoms. The minimum absolute atomic E-state index is 0.367. The topological polar surface area (TPSA) is 37.3 Å². The predicted molar refractivity (Wildman–Crippen MR) is 60.9 cm³/mol. The van der Waals surface area contributed by atoms with Crippen molar-refractivity contribution < 1.29 is 9.90 Å². The Kier molecular flexibility index (Phi) is 3.51. The molecule has 1 N–H and O–H groups in total. The number of benzene rings is 1. The Morgan fingerprint density at radius 3 is 2.27 bits per heavy atom. The van der Waals surface area contributed by atoms with Gasteiger partial charge in [-0.2, -0.15) is 0 Å². The quantitative estimate of drug-likeness (QED) is 0.822. The standard InChI is InChI=1S/C13H18O2/c1-10(2)9-13(3,12(14)15)11-7-5-4-6-8-11/h4-8,10H,9H2,1-3H3,(H,14,15)/t13-/m1/s1. The summed E-state index contributed by atoms with van der Waals surface area (Å²) in [6.07, 6.45) is 0.659. The van der Waals surface area contributed by atoms with Gasteiger partial charge in [0.25, 0.3) is 0 Å². The molecule has 0 spiro atoms. The summed E-state index contributed by atoms with van der Waals surface area (Å²) in [5.74, 6) is -0.381. The Morgan fingerprint density at radius 2 is 1.87 bits per heavy atom. The van der Waals surface area contributed by atoms with Crippen LogP contribution in [-0.4, -0.2) is 11.1 Å². The fourth-order valence-electron chi connectivity index (χ4n) is 1.95. The molecule has 0 saturated carbocycles. The van der Waals surface area contributed by atoms with Crippen LogP contribution in [0.4, 0.5) is 0 Å². The maximum Gasteiger partial charge on any atom is 0.313 e. The highest BCUT2D eigenvalue weighted by Crippen LogP contribution is 2.31. The predicted octanol–water partition coefficient (Wildman–Crippen LogP) is 3.08. The van der Waals surface area contributed by atoms with Crippen LogP contribution in [0.25, 0.3) is 0 Å². The van der Waals surface area contributed by atoms with Crippen LogP contribution < -0.4 is 0 Å². The Morgan fingerprint density at radius 1 is 1.33 bits per heavy atom. The van der Waals surface area contributed by atoms with Crippen LogP contribution >= 0.6 is 0 Å². The molecule has 0 aliphatic heterocycles. The molecule has 0 heterocycles. The van der Waals surface area contributed by atoms with E-state index < -0.39 is 11.4 Å². The van der Waals surface area contributed by atoms with Crippen molar-refractivity contribution >= 4 is 5.97 Å². The molecule has 0 aliphatic carbocycles.